The van der Waals surface area contributed by atoms with Gasteiger partial charge < -0.3 is 15.8 Å². The second-order valence-electron chi connectivity index (χ2n) is 4.99. The van der Waals surface area contributed by atoms with Crippen molar-refractivity contribution in [2.24, 2.45) is 5.73 Å². The molecule has 1 fully saturated rings. The van der Waals surface area contributed by atoms with Gasteiger partial charge >= 0.3 is 0 Å². The molecule has 0 amide bonds. The topological polar surface area (TPSA) is 47.3 Å². The molecular formula is C13H16BrFN2OS. The van der Waals surface area contributed by atoms with Gasteiger partial charge in [-0.25, -0.2) is 4.39 Å². The number of halogens is 2. The van der Waals surface area contributed by atoms with E-state index < -0.39 is 0 Å². The van der Waals surface area contributed by atoms with E-state index in [0.717, 1.165) is 19.4 Å². The lowest BCUT2D eigenvalue weighted by Gasteiger charge is -2.35. The van der Waals surface area contributed by atoms with Crippen LogP contribution in [0.3, 0.4) is 0 Å². The number of anilines is 1. The molecular weight excluding hydrogens is 331 g/mol. The third-order valence-electron chi connectivity index (χ3n) is 3.22. The summed E-state index contributed by atoms with van der Waals surface area (Å²) in [5.74, 6) is -0.378. The second kappa shape index (κ2) is 5.73. The molecule has 0 bridgehead atoms. The number of thiocarbonyl (C=S) groups is 1. The fraction of sp³-hybridized carbons (Fsp3) is 0.462. The van der Waals surface area contributed by atoms with Gasteiger partial charge in [0.2, 0.25) is 0 Å². The molecule has 1 heterocycles. The van der Waals surface area contributed by atoms with Gasteiger partial charge in [0.15, 0.2) is 5.82 Å². The number of rotatable bonds is 3. The molecule has 6 heteroatoms. The summed E-state index contributed by atoms with van der Waals surface area (Å²) >= 11 is 8.08. The monoisotopic (exact) mass is 346 g/mol. The van der Waals surface area contributed by atoms with E-state index in [1.165, 1.54) is 0 Å². The summed E-state index contributed by atoms with van der Waals surface area (Å²) in [7, 11) is 0. The van der Waals surface area contributed by atoms with Gasteiger partial charge in [0, 0.05) is 12.2 Å². The van der Waals surface area contributed by atoms with Crippen molar-refractivity contribution in [3.8, 4) is 0 Å². The molecule has 0 spiro atoms. The first kappa shape index (κ1) is 14.7. The van der Waals surface area contributed by atoms with E-state index >= 15 is 0 Å². The Kier molecular flexibility index (Phi) is 4.43. The van der Waals surface area contributed by atoms with Gasteiger partial charge in [-0.1, -0.05) is 12.2 Å². The normalized spacial score (nSPS) is 23.1. The summed E-state index contributed by atoms with van der Waals surface area (Å²) in [6.45, 7) is 3.37. The van der Waals surface area contributed by atoms with Gasteiger partial charge in [0.25, 0.3) is 0 Å². The van der Waals surface area contributed by atoms with Crippen LogP contribution < -0.4 is 11.1 Å². The molecule has 1 aromatic rings. The molecule has 104 valence electrons. The van der Waals surface area contributed by atoms with Crippen molar-refractivity contribution in [3.63, 3.8) is 0 Å². The third kappa shape index (κ3) is 3.24. The highest BCUT2D eigenvalue weighted by atomic mass is 79.9. The summed E-state index contributed by atoms with van der Waals surface area (Å²) in [6.07, 6.45) is 1.92. The number of benzene rings is 1. The maximum atomic E-state index is 14.3. The highest BCUT2D eigenvalue weighted by Gasteiger charge is 2.28. The van der Waals surface area contributed by atoms with Gasteiger partial charge in [-0.2, -0.15) is 0 Å². The molecule has 0 saturated carbocycles. The average molecular weight is 347 g/mol. The van der Waals surface area contributed by atoms with E-state index in [4.69, 9.17) is 22.7 Å². The fourth-order valence-electron chi connectivity index (χ4n) is 2.19. The van der Waals surface area contributed by atoms with E-state index in [0.29, 0.717) is 22.3 Å². The maximum Gasteiger partial charge on any atom is 0.161 e. The summed E-state index contributed by atoms with van der Waals surface area (Å²) in [6, 6.07) is 3.37. The quantitative estimate of drug-likeness (QED) is 0.825. The molecule has 1 saturated heterocycles. The largest absolute Gasteiger partial charge is 0.389 e. The molecule has 1 aliphatic heterocycles. The minimum atomic E-state index is -0.378. The predicted molar refractivity (Wildman–Crippen MR) is 82.1 cm³/mol. The summed E-state index contributed by atoms with van der Waals surface area (Å²) in [5, 5.41) is 3.22. The molecule has 19 heavy (non-hydrogen) atoms. The first-order valence-electron chi connectivity index (χ1n) is 6.07. The van der Waals surface area contributed by atoms with Gasteiger partial charge in [-0.05, 0) is 47.8 Å². The van der Waals surface area contributed by atoms with Gasteiger partial charge in [0.05, 0.1) is 22.3 Å². The van der Waals surface area contributed by atoms with Crippen LogP contribution >= 0.6 is 28.1 Å². The zero-order valence-corrected chi connectivity index (χ0v) is 13.0. The fourth-order valence-corrected chi connectivity index (χ4v) is 3.05. The van der Waals surface area contributed by atoms with E-state index in [-0.39, 0.29) is 16.3 Å². The minimum Gasteiger partial charge on any atom is -0.389 e. The summed E-state index contributed by atoms with van der Waals surface area (Å²) in [4.78, 5) is 0.171. The average Bonchev–Trinajstić information content (AvgIpc) is 2.35. The Hall–Kier alpha value is -0.720. The van der Waals surface area contributed by atoms with Crippen molar-refractivity contribution in [3.05, 3.63) is 28.0 Å². The van der Waals surface area contributed by atoms with Gasteiger partial charge in [-0.3, -0.25) is 0 Å². The van der Waals surface area contributed by atoms with E-state index in [1.807, 2.05) is 6.92 Å². The molecule has 0 aliphatic carbocycles. The number of ether oxygens (including phenoxy) is 1. The summed E-state index contributed by atoms with van der Waals surface area (Å²) in [5.41, 5.74) is 6.22. The van der Waals surface area contributed by atoms with Crippen LogP contribution in [-0.4, -0.2) is 23.7 Å². The van der Waals surface area contributed by atoms with E-state index in [9.17, 15) is 4.39 Å². The van der Waals surface area contributed by atoms with Crippen molar-refractivity contribution in [1.29, 1.82) is 0 Å². The molecule has 1 aromatic carbocycles. The van der Waals surface area contributed by atoms with Crippen LogP contribution in [0.4, 0.5) is 10.1 Å². The molecule has 0 aromatic heterocycles. The van der Waals surface area contributed by atoms with Crippen LogP contribution in [0.1, 0.15) is 25.3 Å². The minimum absolute atomic E-state index is 0.171. The number of hydrogen-bond acceptors (Lipinski definition) is 3. The van der Waals surface area contributed by atoms with Crippen molar-refractivity contribution in [2.75, 3.05) is 18.5 Å². The lowest BCUT2D eigenvalue weighted by molar-refractivity contribution is 0.0539. The van der Waals surface area contributed by atoms with Crippen molar-refractivity contribution < 1.29 is 9.13 Å². The molecule has 3 N–H and O–H groups in total. The number of nitrogens with two attached hydrogens (primary N) is 1. The molecule has 1 atom stereocenters. The van der Waals surface area contributed by atoms with Crippen LogP contribution in [0.15, 0.2) is 16.6 Å². The highest BCUT2D eigenvalue weighted by molar-refractivity contribution is 9.10. The first-order valence-corrected chi connectivity index (χ1v) is 7.27. The number of hydrogen-bond donors (Lipinski definition) is 2. The third-order valence-corrected chi connectivity index (χ3v) is 4.22. The van der Waals surface area contributed by atoms with Crippen LogP contribution in [0.25, 0.3) is 0 Å². The van der Waals surface area contributed by atoms with E-state index in [2.05, 4.69) is 21.2 Å². The van der Waals surface area contributed by atoms with Gasteiger partial charge in [0.1, 0.15) is 4.99 Å². The molecule has 1 unspecified atom stereocenters. The molecule has 0 radical (unpaired) electrons. The van der Waals surface area contributed by atoms with Crippen molar-refractivity contribution in [1.82, 2.24) is 0 Å². The predicted octanol–water partition coefficient (Wildman–Crippen LogP) is 3.20. The Morgan fingerprint density at radius 1 is 1.58 bits per heavy atom. The maximum absolute atomic E-state index is 14.3. The molecule has 1 aliphatic rings. The van der Waals surface area contributed by atoms with Crippen molar-refractivity contribution in [2.45, 2.75) is 25.3 Å². The summed E-state index contributed by atoms with van der Waals surface area (Å²) < 4.78 is 20.0. The van der Waals surface area contributed by atoms with Crippen molar-refractivity contribution >= 4 is 38.8 Å². The standard InChI is InChI=1S/C13H16BrFN2OS/c1-13(5-2-6-18-7-13)17-9-4-3-8(12(16)19)10(14)11(9)15/h3-4,17H,2,5-7H2,1H3,(H2,16,19). The Labute approximate surface area is 125 Å². The lowest BCUT2D eigenvalue weighted by Crippen LogP contribution is -2.43. The lowest BCUT2D eigenvalue weighted by atomic mass is 9.94. The molecule has 3 nitrogen and oxygen atoms in total. The van der Waals surface area contributed by atoms with Crippen LogP contribution in [-0.2, 0) is 4.74 Å². The number of nitrogens with one attached hydrogen (secondary N) is 1. The Morgan fingerprint density at radius 2 is 2.32 bits per heavy atom. The smallest absolute Gasteiger partial charge is 0.161 e. The van der Waals surface area contributed by atoms with E-state index in [1.54, 1.807) is 12.1 Å². The van der Waals surface area contributed by atoms with Crippen LogP contribution in [0.5, 0.6) is 0 Å². The zero-order chi connectivity index (χ0) is 14.0. The van der Waals surface area contributed by atoms with Crippen LogP contribution in [0.2, 0.25) is 0 Å². The highest BCUT2D eigenvalue weighted by Crippen LogP contribution is 2.31. The van der Waals surface area contributed by atoms with Crippen LogP contribution in [0, 0.1) is 5.82 Å². The molecule has 2 rings (SSSR count). The van der Waals surface area contributed by atoms with Gasteiger partial charge in [-0.15, -0.1) is 0 Å². The SMILES string of the molecule is CC1(Nc2ccc(C(N)=S)c(Br)c2F)CCCOC1. The Bertz CT molecular complexity index is 504. The zero-order valence-electron chi connectivity index (χ0n) is 10.6. The first-order chi connectivity index (χ1) is 8.93. The second-order valence-corrected chi connectivity index (χ2v) is 6.23. The Morgan fingerprint density at radius 3 is 2.89 bits per heavy atom. The Balaban J connectivity index is 2.26.